The molecule has 1 aromatic heterocycles. The van der Waals surface area contributed by atoms with Crippen molar-refractivity contribution in [2.75, 3.05) is 27.3 Å². The number of likely N-dealkylation sites (tertiary alicyclic amines) is 1. The Morgan fingerprint density at radius 3 is 2.62 bits per heavy atom. The van der Waals surface area contributed by atoms with Crippen LogP contribution >= 0.6 is 0 Å². The molecule has 1 N–H and O–H groups in total. The lowest BCUT2D eigenvalue weighted by Gasteiger charge is -2.30. The Labute approximate surface area is 187 Å². The number of piperidine rings is 1. The monoisotopic (exact) mass is 436 g/mol. The molecule has 168 valence electrons. The second kappa shape index (κ2) is 10.3. The second-order valence-corrected chi connectivity index (χ2v) is 7.82. The minimum Gasteiger partial charge on any atom is -0.497 e. The number of hydrogen-bond acceptors (Lipinski definition) is 7. The average molecular weight is 437 g/mol. The topological polar surface area (TPSA) is 89.7 Å². The standard InChI is InChI=1S/C24H28N4O4/c1-30-20-8-9-21(31-2)19(14-20)15-25-24(29)18-10-12-28(13-11-18)16-22-26-23(27-32-22)17-6-4-3-5-7-17/h3-9,14,18H,10-13,15-16H2,1-2H3,(H,25,29). The number of nitrogens with one attached hydrogen (secondary N) is 1. The van der Waals surface area contributed by atoms with Gasteiger partial charge in [-0.2, -0.15) is 4.98 Å². The number of amides is 1. The number of methoxy groups -OCH3 is 2. The lowest BCUT2D eigenvalue weighted by molar-refractivity contribution is -0.126. The van der Waals surface area contributed by atoms with Crippen LogP contribution in [0, 0.1) is 5.92 Å². The van der Waals surface area contributed by atoms with E-state index < -0.39 is 0 Å². The summed E-state index contributed by atoms with van der Waals surface area (Å²) in [6, 6.07) is 15.3. The third-order valence-electron chi connectivity index (χ3n) is 5.76. The summed E-state index contributed by atoms with van der Waals surface area (Å²) >= 11 is 0. The molecule has 1 saturated heterocycles. The maximum Gasteiger partial charge on any atom is 0.241 e. The van der Waals surface area contributed by atoms with Crippen molar-refractivity contribution in [1.29, 1.82) is 0 Å². The van der Waals surface area contributed by atoms with Crippen LogP contribution in [-0.2, 0) is 17.9 Å². The molecule has 1 aliphatic heterocycles. The van der Waals surface area contributed by atoms with E-state index in [4.69, 9.17) is 14.0 Å². The van der Waals surface area contributed by atoms with Gasteiger partial charge in [-0.15, -0.1) is 0 Å². The van der Waals surface area contributed by atoms with E-state index in [0.717, 1.165) is 48.6 Å². The van der Waals surface area contributed by atoms with Gasteiger partial charge in [-0.05, 0) is 44.1 Å². The molecule has 0 bridgehead atoms. The second-order valence-electron chi connectivity index (χ2n) is 7.82. The molecule has 0 atom stereocenters. The Morgan fingerprint density at radius 2 is 1.91 bits per heavy atom. The molecule has 0 spiro atoms. The fourth-order valence-corrected chi connectivity index (χ4v) is 3.91. The van der Waals surface area contributed by atoms with Gasteiger partial charge in [-0.25, -0.2) is 0 Å². The molecule has 0 aliphatic carbocycles. The highest BCUT2D eigenvalue weighted by atomic mass is 16.5. The maximum absolute atomic E-state index is 12.7. The smallest absolute Gasteiger partial charge is 0.241 e. The average Bonchev–Trinajstić information content (AvgIpc) is 3.31. The summed E-state index contributed by atoms with van der Waals surface area (Å²) in [6.07, 6.45) is 1.58. The van der Waals surface area contributed by atoms with E-state index >= 15 is 0 Å². The summed E-state index contributed by atoms with van der Waals surface area (Å²) < 4.78 is 16.1. The molecule has 1 fully saturated rings. The SMILES string of the molecule is COc1ccc(OC)c(CNC(=O)C2CCN(Cc3nc(-c4ccccc4)no3)CC2)c1. The van der Waals surface area contributed by atoms with Crippen LogP contribution in [0.3, 0.4) is 0 Å². The fraction of sp³-hybridized carbons (Fsp3) is 0.375. The van der Waals surface area contributed by atoms with E-state index in [1.807, 2.05) is 48.5 Å². The van der Waals surface area contributed by atoms with Gasteiger partial charge in [-0.1, -0.05) is 35.5 Å². The van der Waals surface area contributed by atoms with Gasteiger partial charge in [0.05, 0.1) is 20.8 Å². The zero-order valence-corrected chi connectivity index (χ0v) is 18.4. The van der Waals surface area contributed by atoms with Crippen molar-refractivity contribution in [3.8, 4) is 22.9 Å². The quantitative estimate of drug-likeness (QED) is 0.580. The van der Waals surface area contributed by atoms with Gasteiger partial charge < -0.3 is 19.3 Å². The number of nitrogens with zero attached hydrogens (tertiary/aromatic N) is 3. The van der Waals surface area contributed by atoms with Gasteiger partial charge in [0.1, 0.15) is 11.5 Å². The minimum atomic E-state index is -0.00887. The molecule has 32 heavy (non-hydrogen) atoms. The number of benzene rings is 2. The number of ether oxygens (including phenoxy) is 2. The molecule has 8 heteroatoms. The van der Waals surface area contributed by atoms with Crippen molar-refractivity contribution in [1.82, 2.24) is 20.4 Å². The molecule has 4 rings (SSSR count). The van der Waals surface area contributed by atoms with E-state index in [2.05, 4.69) is 20.4 Å². The van der Waals surface area contributed by atoms with Crippen LogP contribution in [0.5, 0.6) is 11.5 Å². The van der Waals surface area contributed by atoms with Gasteiger partial charge >= 0.3 is 0 Å². The zero-order valence-electron chi connectivity index (χ0n) is 18.4. The van der Waals surface area contributed by atoms with Crippen LogP contribution in [0.4, 0.5) is 0 Å². The van der Waals surface area contributed by atoms with Crippen molar-refractivity contribution in [3.05, 3.63) is 60.0 Å². The molecule has 0 radical (unpaired) electrons. The first-order valence-electron chi connectivity index (χ1n) is 10.7. The van der Waals surface area contributed by atoms with Gasteiger partial charge in [0.25, 0.3) is 0 Å². The Morgan fingerprint density at radius 1 is 1.12 bits per heavy atom. The molecule has 3 aromatic rings. The Balaban J connectivity index is 1.26. The third kappa shape index (κ3) is 5.26. The number of hydrogen-bond donors (Lipinski definition) is 1. The Bertz CT molecular complexity index is 1030. The van der Waals surface area contributed by atoms with Gasteiger partial charge in [0.2, 0.25) is 17.6 Å². The van der Waals surface area contributed by atoms with E-state index in [9.17, 15) is 4.79 Å². The molecular weight excluding hydrogens is 408 g/mol. The van der Waals surface area contributed by atoms with E-state index in [1.165, 1.54) is 0 Å². The predicted molar refractivity (Wildman–Crippen MR) is 119 cm³/mol. The van der Waals surface area contributed by atoms with Gasteiger partial charge in [0.15, 0.2) is 0 Å². The maximum atomic E-state index is 12.7. The fourth-order valence-electron chi connectivity index (χ4n) is 3.91. The first kappa shape index (κ1) is 21.8. The lowest BCUT2D eigenvalue weighted by atomic mass is 9.96. The summed E-state index contributed by atoms with van der Waals surface area (Å²) in [5.41, 5.74) is 1.83. The van der Waals surface area contributed by atoms with Crippen molar-refractivity contribution in [2.24, 2.45) is 5.92 Å². The Kier molecular flexibility index (Phi) is 7.01. The highest BCUT2D eigenvalue weighted by Crippen LogP contribution is 2.25. The molecule has 0 unspecified atom stereocenters. The van der Waals surface area contributed by atoms with Crippen LogP contribution in [-0.4, -0.2) is 48.3 Å². The minimum absolute atomic E-state index is 0.00887. The predicted octanol–water partition coefficient (Wildman–Crippen LogP) is 3.28. The normalized spacial score (nSPS) is 14.8. The van der Waals surface area contributed by atoms with Gasteiger partial charge in [-0.3, -0.25) is 9.69 Å². The highest BCUT2D eigenvalue weighted by Gasteiger charge is 2.26. The first-order chi connectivity index (χ1) is 15.7. The van der Waals surface area contributed by atoms with Crippen LogP contribution < -0.4 is 14.8 Å². The van der Waals surface area contributed by atoms with Gasteiger partial charge in [0, 0.05) is 23.6 Å². The summed E-state index contributed by atoms with van der Waals surface area (Å²) in [7, 11) is 3.24. The molecule has 1 aliphatic rings. The van der Waals surface area contributed by atoms with Crippen molar-refractivity contribution >= 4 is 5.91 Å². The van der Waals surface area contributed by atoms with Crippen LogP contribution in [0.25, 0.3) is 11.4 Å². The number of carbonyl (C=O) groups is 1. The molecule has 2 heterocycles. The van der Waals surface area contributed by atoms with Crippen molar-refractivity contribution < 1.29 is 18.8 Å². The number of rotatable bonds is 8. The highest BCUT2D eigenvalue weighted by molar-refractivity contribution is 5.78. The summed E-state index contributed by atoms with van der Waals surface area (Å²) in [6.45, 7) is 2.62. The molecule has 2 aromatic carbocycles. The lowest BCUT2D eigenvalue weighted by Crippen LogP contribution is -2.40. The Hall–Kier alpha value is -3.39. The summed E-state index contributed by atoms with van der Waals surface area (Å²) in [5, 5.41) is 7.13. The van der Waals surface area contributed by atoms with Crippen LogP contribution in [0.15, 0.2) is 53.1 Å². The molecule has 1 amide bonds. The van der Waals surface area contributed by atoms with Crippen LogP contribution in [0.1, 0.15) is 24.3 Å². The summed E-state index contributed by atoms with van der Waals surface area (Å²) in [4.78, 5) is 19.5. The molecular formula is C24H28N4O4. The molecule has 0 saturated carbocycles. The van der Waals surface area contributed by atoms with Crippen molar-refractivity contribution in [2.45, 2.75) is 25.9 Å². The van der Waals surface area contributed by atoms with Crippen LogP contribution in [0.2, 0.25) is 0 Å². The largest absolute Gasteiger partial charge is 0.497 e. The van der Waals surface area contributed by atoms with Crippen molar-refractivity contribution in [3.63, 3.8) is 0 Å². The number of aromatic nitrogens is 2. The van der Waals surface area contributed by atoms with E-state index in [-0.39, 0.29) is 11.8 Å². The first-order valence-corrected chi connectivity index (χ1v) is 10.7. The summed E-state index contributed by atoms with van der Waals surface area (Å²) in [5.74, 6) is 2.72. The molecule has 8 nitrogen and oxygen atoms in total. The zero-order chi connectivity index (χ0) is 22.3. The van der Waals surface area contributed by atoms with E-state index in [0.29, 0.717) is 24.8 Å². The van der Waals surface area contributed by atoms with E-state index in [1.54, 1.807) is 14.2 Å². The third-order valence-corrected chi connectivity index (χ3v) is 5.76. The number of carbonyl (C=O) groups excluding carboxylic acids is 1.